The Bertz CT molecular complexity index is 2410. The van der Waals surface area contributed by atoms with E-state index in [4.69, 9.17) is 37.0 Å². The normalized spacial score (nSPS) is 14.5. The molecule has 19 heteroatoms. The maximum absolute atomic E-state index is 13.1. The monoisotopic (exact) mass is 1470 g/mol. The molecule has 0 aliphatic rings. The quantitative estimate of drug-likeness (QED) is 0.0169. The molecule has 0 aromatic heterocycles. The first-order valence-corrected chi connectivity index (χ1v) is 42.8. The standard InChI is InChI=1S/C83H142O17P2/c1-5-9-13-17-21-25-29-33-37-38-42-44-48-52-56-60-64-68-81(86)94-74-79(100-83(88)70-66-62-58-54-50-46-41-36-32-28-24-20-16-12-8-4)76-98-102(91,92)96-72-77(84)71-95-101(89,90)97-75-78(99-82(87)69-65-61-57-53-49-45-40-35-31-27-23-19-15-11-7-3)73-93-80(85)67-63-59-55-51-47-43-39-34-30-26-22-18-14-10-6-2/h9,13,21-22,24-26,28,33-37,39-42,44,52,56,77-79,84H,5-8,10-12,14-20,23,27,29-32,38,43,45-51,53-55,57-76H2,1-4H3,(H,89,90)(H,91,92)/b13-9-,25-21-,26-22-,28-24-,37-33-,39-34-,40-35-,41-36-,44-42-,56-52-. The highest BCUT2D eigenvalue weighted by Crippen LogP contribution is 2.45. The summed E-state index contributed by atoms with van der Waals surface area (Å²) in [5, 5.41) is 10.6. The van der Waals surface area contributed by atoms with Crippen molar-refractivity contribution in [3.63, 3.8) is 0 Å². The summed E-state index contributed by atoms with van der Waals surface area (Å²) >= 11 is 0. The van der Waals surface area contributed by atoms with Gasteiger partial charge in [-0.2, -0.15) is 0 Å². The highest BCUT2D eigenvalue weighted by Gasteiger charge is 2.30. The molecular formula is C83H142O17P2. The molecule has 0 heterocycles. The number of allylic oxidation sites excluding steroid dienone is 20. The summed E-state index contributed by atoms with van der Waals surface area (Å²) < 4.78 is 68.5. The highest BCUT2D eigenvalue weighted by molar-refractivity contribution is 7.47. The molecule has 0 rings (SSSR count). The molecule has 586 valence electrons. The van der Waals surface area contributed by atoms with E-state index < -0.39 is 97.5 Å². The average molecular weight is 1470 g/mol. The lowest BCUT2D eigenvalue weighted by molar-refractivity contribution is -0.161. The molecule has 0 fully saturated rings. The van der Waals surface area contributed by atoms with Crippen LogP contribution >= 0.6 is 15.6 Å². The minimum Gasteiger partial charge on any atom is -0.462 e. The fourth-order valence-electron chi connectivity index (χ4n) is 10.3. The third-order valence-electron chi connectivity index (χ3n) is 16.4. The number of esters is 4. The predicted octanol–water partition coefficient (Wildman–Crippen LogP) is 23.1. The van der Waals surface area contributed by atoms with Gasteiger partial charge in [0.15, 0.2) is 12.2 Å². The van der Waals surface area contributed by atoms with Crippen molar-refractivity contribution in [3.8, 4) is 0 Å². The van der Waals surface area contributed by atoms with Gasteiger partial charge in [-0.25, -0.2) is 9.13 Å². The summed E-state index contributed by atoms with van der Waals surface area (Å²) in [6, 6.07) is 0. The number of unbranched alkanes of at least 4 members (excludes halogenated alkanes) is 28. The predicted molar refractivity (Wildman–Crippen MR) is 418 cm³/mol. The largest absolute Gasteiger partial charge is 0.472 e. The number of aliphatic hydroxyl groups is 1. The molecule has 5 atom stereocenters. The Kier molecular flexibility index (Phi) is 71.4. The highest BCUT2D eigenvalue weighted by atomic mass is 31.2. The Balaban J connectivity index is 5.44. The van der Waals surface area contributed by atoms with Crippen LogP contribution in [0.4, 0.5) is 0 Å². The lowest BCUT2D eigenvalue weighted by Crippen LogP contribution is -2.30. The lowest BCUT2D eigenvalue weighted by atomic mass is 10.1. The van der Waals surface area contributed by atoms with E-state index in [-0.39, 0.29) is 25.7 Å². The van der Waals surface area contributed by atoms with E-state index in [9.17, 15) is 43.2 Å². The van der Waals surface area contributed by atoms with E-state index in [0.29, 0.717) is 32.1 Å². The van der Waals surface area contributed by atoms with Crippen molar-refractivity contribution in [2.45, 2.75) is 341 Å². The second-order valence-electron chi connectivity index (χ2n) is 26.3. The molecule has 0 radical (unpaired) electrons. The summed E-state index contributed by atoms with van der Waals surface area (Å²) in [5.41, 5.74) is 0. The van der Waals surface area contributed by atoms with E-state index in [0.717, 1.165) is 161 Å². The molecule has 102 heavy (non-hydrogen) atoms. The van der Waals surface area contributed by atoms with Crippen molar-refractivity contribution < 1.29 is 80.2 Å². The first-order valence-electron chi connectivity index (χ1n) is 39.8. The van der Waals surface area contributed by atoms with Crippen molar-refractivity contribution in [1.82, 2.24) is 0 Å². The van der Waals surface area contributed by atoms with Crippen LogP contribution in [0, 0.1) is 0 Å². The SMILES string of the molecule is CC/C=C\C/C=C\C/C=C\C/C=C\C/C=C\CCCC(=O)OCC(COP(=O)(O)OCC(O)COP(=O)(O)OCC(COC(=O)CCCCCCC/C=C\C/C=C\CCCCC)OC(=O)CCCCCCC/C=C\CCCCCCCC)OC(=O)CCCCCCC/C=C\C/C=C\CCCCC. The molecule has 0 aliphatic heterocycles. The van der Waals surface area contributed by atoms with E-state index in [1.165, 1.54) is 77.0 Å². The third kappa shape index (κ3) is 73.8. The number of aliphatic hydroxyl groups excluding tert-OH is 1. The molecule has 0 aromatic carbocycles. The maximum Gasteiger partial charge on any atom is 0.472 e. The number of ether oxygens (including phenoxy) is 4. The van der Waals surface area contributed by atoms with Gasteiger partial charge in [-0.15, -0.1) is 0 Å². The van der Waals surface area contributed by atoms with Gasteiger partial charge in [-0.1, -0.05) is 265 Å². The zero-order chi connectivity index (χ0) is 74.6. The molecular weight excluding hydrogens is 1330 g/mol. The summed E-state index contributed by atoms with van der Waals surface area (Å²) in [7, 11) is -9.98. The number of carbonyl (C=O) groups is 4. The molecule has 17 nitrogen and oxygen atoms in total. The van der Waals surface area contributed by atoms with Crippen LogP contribution in [0.5, 0.6) is 0 Å². The number of rotatable bonds is 74. The third-order valence-corrected chi connectivity index (χ3v) is 18.3. The zero-order valence-corrected chi connectivity index (χ0v) is 65.8. The van der Waals surface area contributed by atoms with Crippen molar-refractivity contribution in [2.24, 2.45) is 0 Å². The van der Waals surface area contributed by atoms with Gasteiger partial charge < -0.3 is 33.8 Å². The first-order chi connectivity index (χ1) is 49.7. The minimum atomic E-state index is -5.00. The molecule has 0 bridgehead atoms. The van der Waals surface area contributed by atoms with Crippen molar-refractivity contribution in [3.05, 3.63) is 122 Å². The Morgan fingerprint density at radius 3 is 0.853 bits per heavy atom. The number of hydrogen-bond donors (Lipinski definition) is 3. The van der Waals surface area contributed by atoms with Gasteiger partial charge in [0.2, 0.25) is 0 Å². The van der Waals surface area contributed by atoms with Gasteiger partial charge in [0.25, 0.3) is 0 Å². The van der Waals surface area contributed by atoms with Crippen molar-refractivity contribution in [2.75, 3.05) is 39.6 Å². The van der Waals surface area contributed by atoms with Crippen LogP contribution in [0.3, 0.4) is 0 Å². The van der Waals surface area contributed by atoms with E-state index in [2.05, 4.69) is 137 Å². The maximum atomic E-state index is 13.1. The van der Waals surface area contributed by atoms with Gasteiger partial charge in [0.1, 0.15) is 19.3 Å². The van der Waals surface area contributed by atoms with Crippen LogP contribution in [-0.4, -0.2) is 96.7 Å². The molecule has 0 amide bonds. The molecule has 0 saturated heterocycles. The van der Waals surface area contributed by atoms with Crippen LogP contribution < -0.4 is 0 Å². The molecule has 3 N–H and O–H groups in total. The van der Waals surface area contributed by atoms with Crippen LogP contribution in [0.1, 0.15) is 323 Å². The van der Waals surface area contributed by atoms with E-state index >= 15 is 0 Å². The minimum absolute atomic E-state index is 0.0642. The van der Waals surface area contributed by atoms with Crippen LogP contribution in [-0.2, 0) is 65.4 Å². The Morgan fingerprint density at radius 1 is 0.284 bits per heavy atom. The summed E-state index contributed by atoms with van der Waals surface area (Å²) in [4.78, 5) is 73.0. The molecule has 5 unspecified atom stereocenters. The molecule has 0 saturated carbocycles. The number of phosphoric ester groups is 2. The number of hydrogen-bond acceptors (Lipinski definition) is 15. The Morgan fingerprint density at radius 2 is 0.520 bits per heavy atom. The van der Waals surface area contributed by atoms with E-state index in [1.54, 1.807) is 0 Å². The average Bonchev–Trinajstić information content (AvgIpc) is 0.923. The molecule has 0 aromatic rings. The first kappa shape index (κ1) is 97.5. The number of carbonyl (C=O) groups excluding carboxylic acids is 4. The van der Waals surface area contributed by atoms with Gasteiger partial charge in [0, 0.05) is 25.7 Å². The van der Waals surface area contributed by atoms with Gasteiger partial charge in [-0.05, 0) is 154 Å². The topological polar surface area (TPSA) is 237 Å². The fourth-order valence-corrected chi connectivity index (χ4v) is 11.9. The number of phosphoric acid groups is 2. The summed E-state index contributed by atoms with van der Waals surface area (Å²) in [5.74, 6) is -2.28. The van der Waals surface area contributed by atoms with Crippen LogP contribution in [0.25, 0.3) is 0 Å². The fraction of sp³-hybridized carbons (Fsp3) is 0.711. The molecule has 0 aliphatic carbocycles. The lowest BCUT2D eigenvalue weighted by Gasteiger charge is -2.21. The van der Waals surface area contributed by atoms with E-state index in [1.807, 2.05) is 12.2 Å². The van der Waals surface area contributed by atoms with Gasteiger partial charge in [0.05, 0.1) is 26.4 Å². The van der Waals surface area contributed by atoms with Crippen LogP contribution in [0.2, 0.25) is 0 Å². The second-order valence-corrected chi connectivity index (χ2v) is 29.2. The zero-order valence-electron chi connectivity index (χ0n) is 64.0. The summed E-state index contributed by atoms with van der Waals surface area (Å²) in [6.45, 7) is 4.62. The van der Waals surface area contributed by atoms with Crippen molar-refractivity contribution in [1.29, 1.82) is 0 Å². The van der Waals surface area contributed by atoms with Gasteiger partial charge in [-0.3, -0.25) is 37.3 Å². The van der Waals surface area contributed by atoms with Crippen molar-refractivity contribution >= 4 is 39.5 Å². The Labute approximate surface area is 619 Å². The second kappa shape index (κ2) is 74.7. The van der Waals surface area contributed by atoms with Crippen LogP contribution in [0.15, 0.2) is 122 Å². The molecule has 0 spiro atoms. The smallest absolute Gasteiger partial charge is 0.462 e. The Hall–Kier alpha value is -4.54. The summed E-state index contributed by atoms with van der Waals surface area (Å²) in [6.07, 6.45) is 81.8. The van der Waals surface area contributed by atoms with Gasteiger partial charge >= 0.3 is 39.5 Å².